The Morgan fingerprint density at radius 3 is 1.40 bits per heavy atom. The third-order valence-corrected chi connectivity index (χ3v) is 6.74. The van der Waals surface area contributed by atoms with E-state index in [1.807, 2.05) is 0 Å². The van der Waals surface area contributed by atoms with Gasteiger partial charge in [0, 0.05) is 0 Å². The lowest BCUT2D eigenvalue weighted by molar-refractivity contribution is -0.143. The first-order valence-electron chi connectivity index (χ1n) is 15.4. The molecule has 0 saturated heterocycles. The number of nitrogens with one attached hydrogen (secondary N) is 5. The number of carboxylic acids is 3. The van der Waals surface area contributed by atoms with Crippen molar-refractivity contribution in [2.45, 2.75) is 116 Å². The van der Waals surface area contributed by atoms with Gasteiger partial charge in [-0.15, -0.1) is 0 Å². The molecule has 47 heavy (non-hydrogen) atoms. The Morgan fingerprint density at radius 1 is 0.553 bits per heavy atom. The number of hydrogen-bond donors (Lipinski definition) is 10. The van der Waals surface area contributed by atoms with Crippen LogP contribution in [0.25, 0.3) is 0 Å². The van der Waals surface area contributed by atoms with Gasteiger partial charge in [-0.2, -0.15) is 0 Å². The van der Waals surface area contributed by atoms with E-state index in [9.17, 15) is 53.7 Å². The molecule has 0 radical (unpaired) electrons. The van der Waals surface area contributed by atoms with E-state index in [4.69, 9.17) is 11.5 Å². The monoisotopic (exact) mass is 673 g/mol. The highest BCUT2D eigenvalue weighted by Crippen LogP contribution is 2.09. The summed E-state index contributed by atoms with van der Waals surface area (Å²) < 4.78 is 0. The number of rotatable bonds is 23. The van der Waals surface area contributed by atoms with Crippen LogP contribution in [0.15, 0.2) is 0 Å². The van der Waals surface area contributed by atoms with Crippen molar-refractivity contribution in [2.75, 3.05) is 6.54 Å². The molecule has 0 rings (SSSR count). The second-order valence-corrected chi connectivity index (χ2v) is 12.2. The van der Waals surface area contributed by atoms with Crippen molar-refractivity contribution in [1.29, 1.82) is 0 Å². The molecule has 18 nitrogen and oxygen atoms in total. The van der Waals surface area contributed by atoms with Crippen molar-refractivity contribution in [1.82, 2.24) is 26.6 Å². The molecule has 0 spiro atoms. The van der Waals surface area contributed by atoms with Crippen LogP contribution in [0.1, 0.15) is 79.6 Å². The highest BCUT2D eigenvalue weighted by Gasteiger charge is 2.33. The van der Waals surface area contributed by atoms with Gasteiger partial charge in [0.1, 0.15) is 30.2 Å². The maximum Gasteiger partial charge on any atom is 0.326 e. The lowest BCUT2D eigenvalue weighted by Gasteiger charge is -2.26. The lowest BCUT2D eigenvalue weighted by atomic mass is 10.0. The fraction of sp³-hybridized carbons (Fsp3) is 0.724. The van der Waals surface area contributed by atoms with E-state index in [1.165, 1.54) is 6.92 Å². The number of carboxylic acid groups (broad SMARTS) is 3. The van der Waals surface area contributed by atoms with Gasteiger partial charge in [0.15, 0.2) is 0 Å². The van der Waals surface area contributed by atoms with Crippen molar-refractivity contribution in [3.8, 4) is 0 Å². The summed E-state index contributed by atoms with van der Waals surface area (Å²) in [5.41, 5.74) is 11.3. The van der Waals surface area contributed by atoms with Gasteiger partial charge in [-0.25, -0.2) is 4.79 Å². The van der Waals surface area contributed by atoms with Gasteiger partial charge in [-0.05, 0) is 51.0 Å². The number of carbonyl (C=O) groups excluding carboxylic acids is 5. The highest BCUT2D eigenvalue weighted by molar-refractivity contribution is 5.98. The fourth-order valence-electron chi connectivity index (χ4n) is 4.30. The predicted molar refractivity (Wildman–Crippen MR) is 167 cm³/mol. The molecule has 5 amide bonds. The van der Waals surface area contributed by atoms with Crippen LogP contribution in [0.2, 0.25) is 0 Å². The molecule has 0 unspecified atom stereocenters. The minimum Gasteiger partial charge on any atom is -0.481 e. The molecule has 0 aromatic heterocycles. The largest absolute Gasteiger partial charge is 0.481 e. The Labute approximate surface area is 273 Å². The molecule has 268 valence electrons. The molecular weight excluding hydrogens is 622 g/mol. The fourth-order valence-corrected chi connectivity index (χ4v) is 4.30. The van der Waals surface area contributed by atoms with E-state index in [1.54, 1.807) is 27.7 Å². The first-order chi connectivity index (χ1) is 21.8. The maximum atomic E-state index is 13.3. The molecule has 0 saturated carbocycles. The quantitative estimate of drug-likeness (QED) is 0.0526. The number of aliphatic carboxylic acids is 3. The summed E-state index contributed by atoms with van der Waals surface area (Å²) in [5, 5.41) is 39.5. The van der Waals surface area contributed by atoms with Crippen molar-refractivity contribution >= 4 is 47.4 Å². The van der Waals surface area contributed by atoms with E-state index in [0.29, 0.717) is 19.4 Å². The third-order valence-electron chi connectivity index (χ3n) is 6.74. The van der Waals surface area contributed by atoms with Crippen LogP contribution in [0.4, 0.5) is 0 Å². The average Bonchev–Trinajstić information content (AvgIpc) is 2.94. The highest BCUT2D eigenvalue weighted by atomic mass is 16.4. The maximum absolute atomic E-state index is 13.3. The number of nitrogens with two attached hydrogens (primary N) is 2. The Kier molecular flexibility index (Phi) is 19.5. The van der Waals surface area contributed by atoms with Gasteiger partial charge in [0.25, 0.3) is 0 Å². The Balaban J connectivity index is 5.83. The molecule has 0 aromatic carbocycles. The normalized spacial score (nSPS) is 14.9. The van der Waals surface area contributed by atoms with Crippen molar-refractivity contribution in [3.63, 3.8) is 0 Å². The second kappa shape index (κ2) is 21.5. The SMILES string of the molecule is CC(C)C[C@H](NC(=O)[C@H](C)NC(=O)[C@H](CC(=O)O)NC(=O)[C@H](CC(C)C)NC(=O)[C@H](CC(=O)O)NC(=O)[C@@H](N)CCCCN)C(=O)O. The number of amides is 5. The van der Waals surface area contributed by atoms with Gasteiger partial charge in [-0.3, -0.25) is 33.6 Å². The zero-order valence-electron chi connectivity index (χ0n) is 27.5. The third kappa shape index (κ3) is 17.8. The molecule has 0 aromatic rings. The zero-order valence-corrected chi connectivity index (χ0v) is 27.5. The van der Waals surface area contributed by atoms with Crippen LogP contribution in [0.3, 0.4) is 0 Å². The number of carbonyl (C=O) groups is 8. The smallest absolute Gasteiger partial charge is 0.326 e. The zero-order chi connectivity index (χ0) is 36.4. The summed E-state index contributed by atoms with van der Waals surface area (Å²) in [6, 6.07) is -8.35. The summed E-state index contributed by atoms with van der Waals surface area (Å²) in [5.74, 6) is -9.26. The van der Waals surface area contributed by atoms with E-state index in [2.05, 4.69) is 26.6 Å². The molecule has 0 heterocycles. The first kappa shape index (κ1) is 42.7. The minimum atomic E-state index is -1.73. The van der Waals surface area contributed by atoms with E-state index in [-0.39, 0.29) is 31.1 Å². The summed E-state index contributed by atoms with van der Waals surface area (Å²) in [4.78, 5) is 99.1. The van der Waals surface area contributed by atoms with Gasteiger partial charge < -0.3 is 53.4 Å². The summed E-state index contributed by atoms with van der Waals surface area (Å²) in [7, 11) is 0. The molecule has 0 fully saturated rings. The number of hydrogen-bond acceptors (Lipinski definition) is 10. The van der Waals surface area contributed by atoms with Crippen LogP contribution < -0.4 is 38.1 Å². The lowest BCUT2D eigenvalue weighted by Crippen LogP contribution is -2.59. The van der Waals surface area contributed by atoms with Crippen molar-refractivity contribution < 1.29 is 53.7 Å². The van der Waals surface area contributed by atoms with E-state index < -0.39 is 96.5 Å². The Bertz CT molecular complexity index is 1120. The Hall–Kier alpha value is -4.32. The predicted octanol–water partition coefficient (Wildman–Crippen LogP) is -1.99. The van der Waals surface area contributed by atoms with Gasteiger partial charge in [-0.1, -0.05) is 34.1 Å². The summed E-state index contributed by atoms with van der Waals surface area (Å²) >= 11 is 0. The molecular formula is C29H51N7O11. The van der Waals surface area contributed by atoms with E-state index >= 15 is 0 Å². The topological polar surface area (TPSA) is 309 Å². The molecule has 0 bridgehead atoms. The van der Waals surface area contributed by atoms with E-state index in [0.717, 1.165) is 0 Å². The van der Waals surface area contributed by atoms with Gasteiger partial charge >= 0.3 is 17.9 Å². The average molecular weight is 674 g/mol. The van der Waals surface area contributed by atoms with Crippen LogP contribution >= 0.6 is 0 Å². The van der Waals surface area contributed by atoms with Crippen molar-refractivity contribution in [2.24, 2.45) is 23.3 Å². The van der Waals surface area contributed by atoms with Crippen LogP contribution in [-0.2, 0) is 38.4 Å². The molecule has 12 N–H and O–H groups in total. The van der Waals surface area contributed by atoms with Gasteiger partial charge in [0.2, 0.25) is 29.5 Å². The summed E-state index contributed by atoms with van der Waals surface area (Å²) in [6.07, 6.45) is -0.326. The summed E-state index contributed by atoms with van der Waals surface area (Å²) in [6.45, 7) is 8.54. The van der Waals surface area contributed by atoms with Gasteiger partial charge in [0.05, 0.1) is 18.9 Å². The molecule has 0 aliphatic heterocycles. The molecule has 0 aliphatic rings. The molecule has 6 atom stereocenters. The second-order valence-electron chi connectivity index (χ2n) is 12.2. The minimum absolute atomic E-state index is 0.0312. The van der Waals surface area contributed by atoms with Crippen molar-refractivity contribution in [3.05, 3.63) is 0 Å². The molecule has 0 aliphatic carbocycles. The van der Waals surface area contributed by atoms with Crippen LogP contribution in [0.5, 0.6) is 0 Å². The Morgan fingerprint density at radius 2 is 0.957 bits per heavy atom. The number of unbranched alkanes of at least 4 members (excludes halogenated alkanes) is 1. The van der Waals surface area contributed by atoms with Crippen LogP contribution in [-0.4, -0.2) is 106 Å². The standard InChI is InChI=1S/C29H51N7O11/c1-14(2)10-18(34-28(45)20(13-23(39)40)33-25(42)17(31)8-6-7-9-30)27(44)35-19(12-22(37)38)26(43)32-16(5)24(41)36-21(29(46)47)11-15(3)4/h14-21H,6-13,30-31H2,1-5H3,(H,32,43)(H,33,42)(H,34,45)(H,35,44)(H,36,41)(H,37,38)(H,39,40)(H,46,47)/t16-,17-,18-,19-,20-,21-/m0/s1. The first-order valence-corrected chi connectivity index (χ1v) is 15.4. The molecule has 18 heteroatoms. The van der Waals surface area contributed by atoms with Crippen LogP contribution in [0, 0.1) is 11.8 Å².